The van der Waals surface area contributed by atoms with E-state index in [1.165, 1.54) is 0 Å². The molecular weight excluding hydrogens is 240 g/mol. The second kappa shape index (κ2) is 4.02. The lowest BCUT2D eigenvalue weighted by Gasteiger charge is -2.22. The molecule has 8 nitrogen and oxygen atoms in total. The number of ketones is 1. The summed E-state index contributed by atoms with van der Waals surface area (Å²) in [6.07, 6.45) is 3.12. The average Bonchev–Trinajstić information content (AvgIpc) is 2.15. The molecule has 1 rings (SSSR count). The summed E-state index contributed by atoms with van der Waals surface area (Å²) in [5.41, 5.74) is -0.360. The summed E-state index contributed by atoms with van der Waals surface area (Å²) in [6, 6.07) is 0. The highest BCUT2D eigenvalue weighted by Crippen LogP contribution is 2.21. The van der Waals surface area contributed by atoms with Gasteiger partial charge in [-0.05, 0) is 13.0 Å². The quantitative estimate of drug-likeness (QED) is 0.415. The molecule has 0 aromatic heterocycles. The van der Waals surface area contributed by atoms with Gasteiger partial charge >= 0.3 is 0 Å². The van der Waals surface area contributed by atoms with E-state index in [2.05, 4.69) is 0 Å². The SMILES string of the molecule is CC(=O)C1=CC=CN([N+](=O)[O-])[C@@H]1S(=O)(=O)O. The van der Waals surface area contributed by atoms with Crippen LogP contribution < -0.4 is 0 Å². The van der Waals surface area contributed by atoms with Crippen LogP contribution in [0.1, 0.15) is 6.92 Å². The second-order valence-corrected chi connectivity index (χ2v) is 4.48. The number of hydrogen-bond donors (Lipinski definition) is 1. The Kier molecular flexibility index (Phi) is 3.10. The van der Waals surface area contributed by atoms with Crippen LogP contribution in [-0.4, -0.2) is 34.2 Å². The third-order valence-electron chi connectivity index (χ3n) is 1.90. The number of nitro groups is 1. The highest BCUT2D eigenvalue weighted by molar-refractivity contribution is 7.86. The van der Waals surface area contributed by atoms with Gasteiger partial charge in [0.25, 0.3) is 10.1 Å². The summed E-state index contributed by atoms with van der Waals surface area (Å²) in [4.78, 5) is 21.6. The normalized spacial score (nSPS) is 20.5. The van der Waals surface area contributed by atoms with Crippen LogP contribution in [0.2, 0.25) is 0 Å². The highest BCUT2D eigenvalue weighted by atomic mass is 32.2. The second-order valence-electron chi connectivity index (χ2n) is 3.00. The molecule has 1 aliphatic rings. The van der Waals surface area contributed by atoms with Crippen LogP contribution in [0.25, 0.3) is 0 Å². The minimum Gasteiger partial charge on any atom is -0.295 e. The molecule has 1 N–H and O–H groups in total. The van der Waals surface area contributed by atoms with Crippen molar-refractivity contribution in [2.24, 2.45) is 0 Å². The van der Waals surface area contributed by atoms with Gasteiger partial charge in [0.2, 0.25) is 5.37 Å². The van der Waals surface area contributed by atoms with Crippen molar-refractivity contribution in [3.8, 4) is 0 Å². The van der Waals surface area contributed by atoms with Crippen LogP contribution in [0.5, 0.6) is 0 Å². The number of hydrazine groups is 1. The molecule has 0 saturated carbocycles. The van der Waals surface area contributed by atoms with Gasteiger partial charge in [0.1, 0.15) is 0 Å². The van der Waals surface area contributed by atoms with E-state index in [1.807, 2.05) is 0 Å². The van der Waals surface area contributed by atoms with Gasteiger partial charge in [-0.25, -0.2) is 10.1 Å². The third-order valence-corrected chi connectivity index (χ3v) is 2.93. The summed E-state index contributed by atoms with van der Waals surface area (Å²) in [5.74, 6) is -0.668. The molecule has 1 atom stereocenters. The van der Waals surface area contributed by atoms with E-state index < -0.39 is 26.3 Å². The zero-order valence-corrected chi connectivity index (χ0v) is 8.92. The predicted molar refractivity (Wildman–Crippen MR) is 52.1 cm³/mol. The van der Waals surface area contributed by atoms with Crippen LogP contribution in [0, 0.1) is 10.1 Å². The van der Waals surface area contributed by atoms with Gasteiger partial charge < -0.3 is 0 Å². The molecule has 0 bridgehead atoms. The predicted octanol–water partition coefficient (Wildman–Crippen LogP) is -0.263. The molecule has 88 valence electrons. The van der Waals surface area contributed by atoms with E-state index in [4.69, 9.17) is 4.55 Å². The summed E-state index contributed by atoms with van der Waals surface area (Å²) in [6.45, 7) is 1.06. The molecule has 9 heteroatoms. The van der Waals surface area contributed by atoms with Crippen molar-refractivity contribution in [2.45, 2.75) is 12.3 Å². The zero-order chi connectivity index (χ0) is 12.5. The van der Waals surface area contributed by atoms with Gasteiger partial charge in [0, 0.05) is 5.57 Å². The highest BCUT2D eigenvalue weighted by Gasteiger charge is 2.41. The smallest absolute Gasteiger partial charge is 0.295 e. The third kappa shape index (κ3) is 2.25. The first kappa shape index (κ1) is 12.3. The lowest BCUT2D eigenvalue weighted by molar-refractivity contribution is -0.641. The number of rotatable bonds is 3. The first-order chi connectivity index (χ1) is 7.25. The fourth-order valence-electron chi connectivity index (χ4n) is 1.27. The van der Waals surface area contributed by atoms with E-state index >= 15 is 0 Å². The van der Waals surface area contributed by atoms with E-state index in [0.717, 1.165) is 25.3 Å². The number of nitrogens with zero attached hydrogens (tertiary/aromatic N) is 2. The van der Waals surface area contributed by atoms with Crippen LogP contribution in [0.15, 0.2) is 23.9 Å². The van der Waals surface area contributed by atoms with Crippen molar-refractivity contribution in [2.75, 3.05) is 0 Å². The van der Waals surface area contributed by atoms with Crippen molar-refractivity contribution in [1.82, 2.24) is 5.01 Å². The van der Waals surface area contributed by atoms with Gasteiger partial charge in [-0.15, -0.1) is 0 Å². The zero-order valence-electron chi connectivity index (χ0n) is 8.10. The molecule has 0 unspecified atom stereocenters. The molecule has 1 heterocycles. The molecule has 0 spiro atoms. The first-order valence-corrected chi connectivity index (χ1v) is 5.53. The molecule has 1 aliphatic heterocycles. The number of carbonyl (C=O) groups is 1. The largest absolute Gasteiger partial charge is 0.297 e. The molecule has 0 aliphatic carbocycles. The van der Waals surface area contributed by atoms with Crippen LogP contribution in [0.4, 0.5) is 0 Å². The lowest BCUT2D eigenvalue weighted by Crippen LogP contribution is -2.45. The molecule has 0 aromatic carbocycles. The Labute approximate surface area is 90.7 Å². The molecular formula is C7H8N2O6S. The molecule has 0 fully saturated rings. The minimum atomic E-state index is -4.77. The maximum Gasteiger partial charge on any atom is 0.297 e. The number of Topliss-reactive ketones (excluding diaryl/α,β-unsaturated/α-hetero) is 1. The molecule has 0 amide bonds. The Morgan fingerprint density at radius 1 is 1.62 bits per heavy atom. The topological polar surface area (TPSA) is 118 Å². The summed E-state index contributed by atoms with van der Waals surface area (Å²) in [5, 5.41) is 7.69. The number of hydrogen-bond acceptors (Lipinski definition) is 5. The summed E-state index contributed by atoms with van der Waals surface area (Å²) in [7, 11) is -4.77. The Hall–Kier alpha value is -1.74. The van der Waals surface area contributed by atoms with E-state index in [-0.39, 0.29) is 10.6 Å². The van der Waals surface area contributed by atoms with Crippen LogP contribution >= 0.6 is 0 Å². The summed E-state index contributed by atoms with van der Waals surface area (Å²) < 4.78 is 30.9. The van der Waals surface area contributed by atoms with Gasteiger partial charge in [0.15, 0.2) is 10.8 Å². The fourth-order valence-corrected chi connectivity index (χ4v) is 2.25. The van der Waals surface area contributed by atoms with Gasteiger partial charge in [0.05, 0.1) is 6.20 Å². The van der Waals surface area contributed by atoms with Crippen molar-refractivity contribution in [3.05, 3.63) is 34.0 Å². The van der Waals surface area contributed by atoms with Crippen molar-refractivity contribution in [1.29, 1.82) is 0 Å². The standard InChI is InChI=1S/C7H8N2O6S/c1-5(10)6-3-2-4-8(9(11)12)7(6)16(13,14)15/h2-4,7H,1H3,(H,13,14,15)/t7-/m1/s1. The number of carbonyl (C=O) groups excluding carboxylic acids is 1. The van der Waals surface area contributed by atoms with Gasteiger partial charge in [-0.1, -0.05) is 11.1 Å². The van der Waals surface area contributed by atoms with Crippen molar-refractivity contribution >= 4 is 15.9 Å². The van der Waals surface area contributed by atoms with E-state index in [1.54, 1.807) is 0 Å². The van der Waals surface area contributed by atoms with Crippen molar-refractivity contribution < 1.29 is 22.8 Å². The van der Waals surface area contributed by atoms with E-state index in [0.29, 0.717) is 0 Å². The average molecular weight is 248 g/mol. The minimum absolute atomic E-state index is 0.159. The molecule has 16 heavy (non-hydrogen) atoms. The first-order valence-electron chi connectivity index (χ1n) is 4.03. The maximum atomic E-state index is 11.1. The Bertz CT molecular complexity index is 491. The Morgan fingerprint density at radius 2 is 2.19 bits per heavy atom. The monoisotopic (exact) mass is 248 g/mol. The molecule has 0 saturated heterocycles. The fraction of sp³-hybridized carbons (Fsp3) is 0.286. The van der Waals surface area contributed by atoms with Gasteiger partial charge in [-0.2, -0.15) is 8.42 Å². The molecule has 0 radical (unpaired) electrons. The molecule has 0 aromatic rings. The van der Waals surface area contributed by atoms with Crippen molar-refractivity contribution in [3.63, 3.8) is 0 Å². The van der Waals surface area contributed by atoms with E-state index in [9.17, 15) is 23.3 Å². The summed E-state index contributed by atoms with van der Waals surface area (Å²) >= 11 is 0. The van der Waals surface area contributed by atoms with Crippen LogP contribution in [-0.2, 0) is 14.9 Å². The van der Waals surface area contributed by atoms with Crippen LogP contribution in [0.3, 0.4) is 0 Å². The Morgan fingerprint density at radius 3 is 2.56 bits per heavy atom. The number of allylic oxidation sites excluding steroid dienone is 2. The maximum absolute atomic E-state index is 11.1. The van der Waals surface area contributed by atoms with Gasteiger partial charge in [-0.3, -0.25) is 9.35 Å². The lowest BCUT2D eigenvalue weighted by atomic mass is 10.1. The Balaban J connectivity index is 3.31.